The molecule has 2 saturated carbocycles. The van der Waals surface area contributed by atoms with Gasteiger partial charge >= 0.3 is 0 Å². The van der Waals surface area contributed by atoms with Crippen molar-refractivity contribution in [3.8, 4) is 22.9 Å². The largest absolute Gasteiger partial charge is 0.493 e. The number of nitrogens with one attached hydrogen (secondary N) is 2. The number of rotatable bonds is 10. The molecule has 4 rings (SSSR count). The highest BCUT2D eigenvalue weighted by atomic mass is 16.5. The summed E-state index contributed by atoms with van der Waals surface area (Å²) in [5.41, 5.74) is 2.43. The minimum Gasteiger partial charge on any atom is -0.493 e. The Morgan fingerprint density at radius 2 is 1.87 bits per heavy atom. The number of carbonyl (C=O) groups excluding carboxylic acids is 2. The molecule has 30 heavy (non-hydrogen) atoms. The van der Waals surface area contributed by atoms with E-state index in [1.165, 1.54) is 12.8 Å². The fourth-order valence-electron chi connectivity index (χ4n) is 3.19. The van der Waals surface area contributed by atoms with E-state index < -0.39 is 0 Å². The third-order valence-corrected chi connectivity index (χ3v) is 5.32. The molecule has 0 radical (unpaired) electrons. The smallest absolute Gasteiger partial charge is 0.251 e. The highest BCUT2D eigenvalue weighted by Gasteiger charge is 2.23. The van der Waals surface area contributed by atoms with Crippen molar-refractivity contribution in [3.63, 3.8) is 0 Å². The molecule has 0 aliphatic heterocycles. The van der Waals surface area contributed by atoms with Gasteiger partial charge in [0.15, 0.2) is 5.78 Å². The van der Waals surface area contributed by atoms with Crippen LogP contribution in [0.15, 0.2) is 42.5 Å². The Labute approximate surface area is 176 Å². The SMILES string of the molecule is N#Cc1ccccc1-c1cc(OCC2CC2)cc(C(=O)NCC(=O)CNC2CC2)c1. The van der Waals surface area contributed by atoms with Crippen LogP contribution in [0.3, 0.4) is 0 Å². The maximum atomic E-state index is 12.7. The molecule has 2 aliphatic carbocycles. The van der Waals surface area contributed by atoms with E-state index in [-0.39, 0.29) is 24.8 Å². The molecule has 6 heteroatoms. The normalized spacial score (nSPS) is 15.3. The van der Waals surface area contributed by atoms with E-state index in [2.05, 4.69) is 16.7 Å². The zero-order chi connectivity index (χ0) is 20.9. The van der Waals surface area contributed by atoms with Crippen LogP contribution >= 0.6 is 0 Å². The van der Waals surface area contributed by atoms with Gasteiger partial charge in [-0.15, -0.1) is 0 Å². The maximum Gasteiger partial charge on any atom is 0.251 e. The molecule has 0 heterocycles. The molecule has 6 nitrogen and oxygen atoms in total. The summed E-state index contributed by atoms with van der Waals surface area (Å²) in [4.78, 5) is 24.7. The molecule has 0 saturated heterocycles. The average molecular weight is 403 g/mol. The highest BCUT2D eigenvalue weighted by molar-refractivity contribution is 5.98. The van der Waals surface area contributed by atoms with Gasteiger partial charge in [0.1, 0.15) is 5.75 Å². The summed E-state index contributed by atoms with van der Waals surface area (Å²) in [5, 5.41) is 15.3. The third-order valence-electron chi connectivity index (χ3n) is 5.32. The number of ketones is 1. The van der Waals surface area contributed by atoms with E-state index in [1.54, 1.807) is 18.2 Å². The van der Waals surface area contributed by atoms with E-state index in [4.69, 9.17) is 4.74 Å². The maximum absolute atomic E-state index is 12.7. The molecule has 2 aromatic carbocycles. The first-order valence-electron chi connectivity index (χ1n) is 10.4. The Kier molecular flexibility index (Phi) is 6.10. The summed E-state index contributed by atoms with van der Waals surface area (Å²) in [7, 11) is 0. The van der Waals surface area contributed by atoms with Crippen molar-refractivity contribution in [1.82, 2.24) is 10.6 Å². The number of nitrogens with zero attached hydrogens (tertiary/aromatic N) is 1. The van der Waals surface area contributed by atoms with Crippen molar-refractivity contribution in [1.29, 1.82) is 5.26 Å². The Morgan fingerprint density at radius 1 is 1.07 bits per heavy atom. The first-order chi connectivity index (χ1) is 14.6. The molecule has 1 amide bonds. The standard InChI is InChI=1S/C24H25N3O3/c25-12-17-3-1-2-4-23(17)18-9-19(11-22(10-18)30-15-16-5-6-16)24(29)27-14-21(28)13-26-20-7-8-20/h1-4,9-11,16,20,26H,5-8,13-15H2,(H,27,29). The number of hydrogen-bond donors (Lipinski definition) is 2. The number of Topliss-reactive ketones (excluding diaryl/α,β-unsaturated/α-hetero) is 1. The quantitative estimate of drug-likeness (QED) is 0.636. The van der Waals surface area contributed by atoms with Crippen molar-refractivity contribution in [2.45, 2.75) is 31.7 Å². The minimum absolute atomic E-state index is 0.0180. The molecule has 0 aromatic heterocycles. The van der Waals surface area contributed by atoms with Gasteiger partial charge in [0.05, 0.1) is 31.3 Å². The van der Waals surface area contributed by atoms with Gasteiger partial charge in [-0.2, -0.15) is 5.26 Å². The summed E-state index contributed by atoms with van der Waals surface area (Å²) in [6.45, 7) is 0.877. The molecular weight excluding hydrogens is 378 g/mol. The Bertz CT molecular complexity index is 987. The first kappa shape index (κ1) is 20.1. The molecule has 0 bridgehead atoms. The summed E-state index contributed by atoms with van der Waals surface area (Å²) in [5.74, 6) is 0.793. The topological polar surface area (TPSA) is 91.2 Å². The predicted octanol–water partition coefficient (Wildman–Crippen LogP) is 3.06. The van der Waals surface area contributed by atoms with E-state index in [9.17, 15) is 14.9 Å². The lowest BCUT2D eigenvalue weighted by Gasteiger charge is -2.12. The van der Waals surface area contributed by atoms with Crippen LogP contribution in [0.4, 0.5) is 0 Å². The summed E-state index contributed by atoms with van der Waals surface area (Å²) >= 11 is 0. The van der Waals surface area contributed by atoms with Gasteiger partial charge in [0.2, 0.25) is 0 Å². The summed E-state index contributed by atoms with van der Waals surface area (Å²) in [6, 6.07) is 15.2. The molecular formula is C24H25N3O3. The van der Waals surface area contributed by atoms with E-state index in [0.717, 1.165) is 24.0 Å². The van der Waals surface area contributed by atoms with Gasteiger partial charge in [-0.3, -0.25) is 9.59 Å². The molecule has 2 fully saturated rings. The number of ether oxygens (including phenoxy) is 1. The second kappa shape index (κ2) is 9.10. The fraction of sp³-hybridized carbons (Fsp3) is 0.375. The van der Waals surface area contributed by atoms with Crippen LogP contribution in [0.5, 0.6) is 5.75 Å². The molecule has 154 valence electrons. The average Bonchev–Trinajstić information content (AvgIpc) is 3.69. The van der Waals surface area contributed by atoms with Gasteiger partial charge in [-0.05, 0) is 67.0 Å². The van der Waals surface area contributed by atoms with Crippen molar-refractivity contribution in [3.05, 3.63) is 53.6 Å². The van der Waals surface area contributed by atoms with Gasteiger partial charge in [0, 0.05) is 11.6 Å². The summed E-state index contributed by atoms with van der Waals surface area (Å²) < 4.78 is 5.91. The zero-order valence-electron chi connectivity index (χ0n) is 16.8. The van der Waals surface area contributed by atoms with Crippen LogP contribution in [0, 0.1) is 17.2 Å². The summed E-state index contributed by atoms with van der Waals surface area (Å²) in [6.07, 6.45) is 4.56. The van der Waals surface area contributed by atoms with Crippen LogP contribution in [0.1, 0.15) is 41.6 Å². The number of hydrogen-bond acceptors (Lipinski definition) is 5. The monoisotopic (exact) mass is 403 g/mol. The second-order valence-corrected chi connectivity index (χ2v) is 8.03. The third kappa shape index (κ3) is 5.46. The highest BCUT2D eigenvalue weighted by Crippen LogP contribution is 2.32. The van der Waals surface area contributed by atoms with Crippen molar-refractivity contribution in [2.75, 3.05) is 19.7 Å². The lowest BCUT2D eigenvalue weighted by Crippen LogP contribution is -2.35. The predicted molar refractivity (Wildman–Crippen MR) is 113 cm³/mol. The molecule has 2 aliphatic rings. The molecule has 2 N–H and O–H groups in total. The van der Waals surface area contributed by atoms with Crippen molar-refractivity contribution >= 4 is 11.7 Å². The molecule has 0 spiro atoms. The lowest BCUT2D eigenvalue weighted by atomic mass is 9.98. The Hall–Kier alpha value is -3.17. The Morgan fingerprint density at radius 3 is 2.60 bits per heavy atom. The lowest BCUT2D eigenvalue weighted by molar-refractivity contribution is -0.117. The van der Waals surface area contributed by atoms with Crippen LogP contribution in [0.25, 0.3) is 11.1 Å². The van der Waals surface area contributed by atoms with Gasteiger partial charge < -0.3 is 15.4 Å². The number of nitriles is 1. The molecule has 2 aromatic rings. The van der Waals surface area contributed by atoms with Crippen LogP contribution in [-0.4, -0.2) is 37.4 Å². The minimum atomic E-state index is -0.331. The molecule has 0 atom stereocenters. The number of amides is 1. The second-order valence-electron chi connectivity index (χ2n) is 8.03. The van der Waals surface area contributed by atoms with Gasteiger partial charge in [0.25, 0.3) is 5.91 Å². The van der Waals surface area contributed by atoms with E-state index in [0.29, 0.717) is 35.4 Å². The fourth-order valence-corrected chi connectivity index (χ4v) is 3.19. The molecule has 0 unspecified atom stereocenters. The van der Waals surface area contributed by atoms with Crippen molar-refractivity contribution in [2.24, 2.45) is 5.92 Å². The zero-order valence-corrected chi connectivity index (χ0v) is 16.8. The Balaban J connectivity index is 1.51. The van der Waals surface area contributed by atoms with Crippen LogP contribution in [-0.2, 0) is 4.79 Å². The van der Waals surface area contributed by atoms with E-state index >= 15 is 0 Å². The van der Waals surface area contributed by atoms with E-state index in [1.807, 2.05) is 24.3 Å². The first-order valence-corrected chi connectivity index (χ1v) is 10.4. The number of carbonyl (C=O) groups is 2. The van der Waals surface area contributed by atoms with Gasteiger partial charge in [-0.25, -0.2) is 0 Å². The number of benzene rings is 2. The van der Waals surface area contributed by atoms with Gasteiger partial charge in [-0.1, -0.05) is 18.2 Å². The van der Waals surface area contributed by atoms with Crippen LogP contribution < -0.4 is 15.4 Å². The van der Waals surface area contributed by atoms with Crippen molar-refractivity contribution < 1.29 is 14.3 Å². The van der Waals surface area contributed by atoms with Crippen LogP contribution in [0.2, 0.25) is 0 Å².